The van der Waals surface area contributed by atoms with Gasteiger partial charge in [0, 0.05) is 37.1 Å². The maximum atomic E-state index is 2.39. The summed E-state index contributed by atoms with van der Waals surface area (Å²) in [6, 6.07) is 59.2. The predicted molar refractivity (Wildman–Crippen MR) is 182 cm³/mol. The van der Waals surface area contributed by atoms with Crippen molar-refractivity contribution in [2.75, 3.05) is 4.90 Å². The molecule has 0 saturated carbocycles. The van der Waals surface area contributed by atoms with Crippen molar-refractivity contribution in [1.82, 2.24) is 0 Å². The smallest absolute Gasteiger partial charge is 0.0540 e. The molecule has 0 fully saturated rings. The SMILES string of the molecule is c1ccc(N(c2cccc(-c3cccc4ccccc34)c2)c2ccccc2-c2ccc3sc4ccccc4c3c2)cc1. The van der Waals surface area contributed by atoms with E-state index in [4.69, 9.17) is 0 Å². The van der Waals surface area contributed by atoms with Crippen LogP contribution in [0.1, 0.15) is 0 Å². The van der Waals surface area contributed by atoms with Gasteiger partial charge in [0.1, 0.15) is 0 Å². The second kappa shape index (κ2) is 10.3. The zero-order valence-corrected chi connectivity index (χ0v) is 23.8. The Morgan fingerprint density at radius 2 is 1.02 bits per heavy atom. The number of hydrogen-bond acceptors (Lipinski definition) is 2. The zero-order valence-electron chi connectivity index (χ0n) is 22.9. The van der Waals surface area contributed by atoms with Crippen molar-refractivity contribution in [2.45, 2.75) is 0 Å². The molecule has 0 spiro atoms. The molecule has 0 aliphatic rings. The molecule has 0 amide bonds. The number of hydrogen-bond donors (Lipinski definition) is 0. The fourth-order valence-electron chi connectivity index (χ4n) is 6.10. The van der Waals surface area contributed by atoms with Gasteiger partial charge in [-0.25, -0.2) is 0 Å². The number of nitrogens with zero attached hydrogens (tertiary/aromatic N) is 1. The van der Waals surface area contributed by atoms with Crippen LogP contribution >= 0.6 is 11.3 Å². The van der Waals surface area contributed by atoms with Crippen LogP contribution in [-0.4, -0.2) is 0 Å². The van der Waals surface area contributed by atoms with Crippen molar-refractivity contribution in [3.63, 3.8) is 0 Å². The summed E-state index contributed by atoms with van der Waals surface area (Å²) in [7, 11) is 0. The second-order valence-corrected chi connectivity index (χ2v) is 11.7. The quantitative estimate of drug-likeness (QED) is 0.205. The van der Waals surface area contributed by atoms with Gasteiger partial charge in [-0.2, -0.15) is 0 Å². The molecule has 0 atom stereocenters. The van der Waals surface area contributed by atoms with E-state index in [1.54, 1.807) is 0 Å². The number of anilines is 3. The minimum atomic E-state index is 1.13. The van der Waals surface area contributed by atoms with Gasteiger partial charge in [0.2, 0.25) is 0 Å². The molecule has 0 bridgehead atoms. The molecule has 1 nitrogen and oxygen atoms in total. The van der Waals surface area contributed by atoms with E-state index in [0.717, 1.165) is 17.1 Å². The minimum Gasteiger partial charge on any atom is -0.310 e. The lowest BCUT2D eigenvalue weighted by Gasteiger charge is -2.28. The molecule has 0 aliphatic carbocycles. The maximum absolute atomic E-state index is 2.39. The van der Waals surface area contributed by atoms with E-state index in [-0.39, 0.29) is 0 Å². The summed E-state index contributed by atoms with van der Waals surface area (Å²) < 4.78 is 2.65. The van der Waals surface area contributed by atoms with E-state index in [1.807, 2.05) is 11.3 Å². The molecule has 0 aliphatic heterocycles. The Bertz CT molecular complexity index is 2200. The predicted octanol–water partition coefficient (Wildman–Crippen LogP) is 12.0. The van der Waals surface area contributed by atoms with Crippen LogP contribution in [0, 0.1) is 0 Å². The van der Waals surface area contributed by atoms with E-state index in [2.05, 4.69) is 169 Å². The highest BCUT2D eigenvalue weighted by molar-refractivity contribution is 7.25. The summed E-state index contributed by atoms with van der Waals surface area (Å²) >= 11 is 1.86. The van der Waals surface area contributed by atoms with Crippen LogP contribution in [0.5, 0.6) is 0 Å². The van der Waals surface area contributed by atoms with E-state index < -0.39 is 0 Å². The third kappa shape index (κ3) is 4.25. The van der Waals surface area contributed by atoms with Crippen molar-refractivity contribution in [2.24, 2.45) is 0 Å². The lowest BCUT2D eigenvalue weighted by molar-refractivity contribution is 1.28. The lowest BCUT2D eigenvalue weighted by Crippen LogP contribution is -2.11. The van der Waals surface area contributed by atoms with Crippen LogP contribution in [0.15, 0.2) is 164 Å². The van der Waals surface area contributed by atoms with Crippen LogP contribution in [0.4, 0.5) is 17.1 Å². The number of benzene rings is 7. The van der Waals surface area contributed by atoms with Gasteiger partial charge in [0.25, 0.3) is 0 Å². The minimum absolute atomic E-state index is 1.13. The average Bonchev–Trinajstić information content (AvgIpc) is 3.44. The normalized spacial score (nSPS) is 11.3. The largest absolute Gasteiger partial charge is 0.310 e. The van der Waals surface area contributed by atoms with Crippen molar-refractivity contribution in [3.8, 4) is 22.3 Å². The Morgan fingerprint density at radius 3 is 1.95 bits per heavy atom. The zero-order chi connectivity index (χ0) is 27.9. The van der Waals surface area contributed by atoms with Gasteiger partial charge in [0.05, 0.1) is 5.69 Å². The molecule has 8 rings (SSSR count). The van der Waals surface area contributed by atoms with Crippen molar-refractivity contribution in [3.05, 3.63) is 164 Å². The molecule has 0 N–H and O–H groups in total. The summed E-state index contributed by atoms with van der Waals surface area (Å²) in [6.07, 6.45) is 0. The van der Waals surface area contributed by atoms with Crippen molar-refractivity contribution in [1.29, 1.82) is 0 Å². The molecule has 42 heavy (non-hydrogen) atoms. The summed E-state index contributed by atoms with van der Waals surface area (Å²) in [6.45, 7) is 0. The molecule has 0 saturated heterocycles. The van der Waals surface area contributed by atoms with Gasteiger partial charge < -0.3 is 4.90 Å². The van der Waals surface area contributed by atoms with Crippen LogP contribution in [-0.2, 0) is 0 Å². The van der Waals surface area contributed by atoms with Gasteiger partial charge >= 0.3 is 0 Å². The van der Waals surface area contributed by atoms with Crippen LogP contribution < -0.4 is 4.90 Å². The third-order valence-corrected chi connectivity index (χ3v) is 9.20. The molecule has 0 unspecified atom stereocenters. The highest BCUT2D eigenvalue weighted by Crippen LogP contribution is 2.44. The molecule has 2 heteroatoms. The summed E-state index contributed by atoms with van der Waals surface area (Å²) in [5.41, 5.74) is 8.27. The molecule has 198 valence electrons. The highest BCUT2D eigenvalue weighted by atomic mass is 32.1. The summed E-state index contributed by atoms with van der Waals surface area (Å²) in [5.74, 6) is 0. The van der Waals surface area contributed by atoms with E-state index in [9.17, 15) is 0 Å². The molecule has 7 aromatic carbocycles. The number of para-hydroxylation sites is 2. The molecule has 1 heterocycles. The Labute approximate surface area is 249 Å². The van der Waals surface area contributed by atoms with Crippen LogP contribution in [0.3, 0.4) is 0 Å². The molecular formula is C40H27NS. The fourth-order valence-corrected chi connectivity index (χ4v) is 7.19. The first-order valence-corrected chi connectivity index (χ1v) is 15.1. The van der Waals surface area contributed by atoms with Gasteiger partial charge in [0.15, 0.2) is 0 Å². The average molecular weight is 554 g/mol. The number of thiophene rings is 1. The first-order valence-electron chi connectivity index (χ1n) is 14.3. The molecular weight excluding hydrogens is 527 g/mol. The van der Waals surface area contributed by atoms with Gasteiger partial charge in [-0.05, 0) is 76.0 Å². The van der Waals surface area contributed by atoms with E-state index >= 15 is 0 Å². The van der Waals surface area contributed by atoms with E-state index in [1.165, 1.54) is 53.2 Å². The summed E-state index contributed by atoms with van der Waals surface area (Å²) in [4.78, 5) is 2.39. The van der Waals surface area contributed by atoms with E-state index in [0.29, 0.717) is 0 Å². The molecule has 8 aromatic rings. The van der Waals surface area contributed by atoms with Crippen LogP contribution in [0.2, 0.25) is 0 Å². The standard InChI is InChI=1S/C40H27NS/c1-2-15-31(16-3-1)41(32-17-10-14-29(26-32)34-21-11-13-28-12-4-5-18-33(28)34)38-22-8-6-19-35(38)30-24-25-40-37(27-30)36-20-7-9-23-39(36)42-40/h1-27H. The Hall–Kier alpha value is -5.18. The lowest BCUT2D eigenvalue weighted by atomic mass is 9.97. The second-order valence-electron chi connectivity index (χ2n) is 10.6. The monoisotopic (exact) mass is 553 g/mol. The maximum Gasteiger partial charge on any atom is 0.0540 e. The third-order valence-electron chi connectivity index (χ3n) is 8.05. The van der Waals surface area contributed by atoms with Crippen LogP contribution in [0.25, 0.3) is 53.2 Å². The highest BCUT2D eigenvalue weighted by Gasteiger charge is 2.18. The molecule has 1 aromatic heterocycles. The Kier molecular flexibility index (Phi) is 6.05. The Morgan fingerprint density at radius 1 is 0.381 bits per heavy atom. The van der Waals surface area contributed by atoms with Gasteiger partial charge in [-0.3, -0.25) is 0 Å². The topological polar surface area (TPSA) is 3.24 Å². The first kappa shape index (κ1) is 24.6. The number of fused-ring (bicyclic) bond motifs is 4. The fraction of sp³-hybridized carbons (Fsp3) is 0. The summed E-state index contributed by atoms with van der Waals surface area (Å²) in [5, 5.41) is 5.15. The Balaban J connectivity index is 1.32. The molecule has 0 radical (unpaired) electrons. The van der Waals surface area contributed by atoms with Crippen molar-refractivity contribution >= 4 is 59.3 Å². The van der Waals surface area contributed by atoms with Crippen molar-refractivity contribution < 1.29 is 0 Å². The first-order chi connectivity index (χ1) is 20.8. The van der Waals surface area contributed by atoms with Gasteiger partial charge in [-0.15, -0.1) is 11.3 Å². The van der Waals surface area contributed by atoms with Gasteiger partial charge in [-0.1, -0.05) is 115 Å². The number of rotatable bonds is 5.